The van der Waals surface area contributed by atoms with Crippen molar-refractivity contribution in [3.63, 3.8) is 0 Å². The fourth-order valence-electron chi connectivity index (χ4n) is 8.23. The van der Waals surface area contributed by atoms with Gasteiger partial charge in [-0.05, 0) is 69.9 Å². The monoisotopic (exact) mass is 836 g/mol. The number of likely N-dealkylation sites (tertiary alicyclic amines) is 2. The van der Waals surface area contributed by atoms with Crippen LogP contribution in [0.15, 0.2) is 54.2 Å². The van der Waals surface area contributed by atoms with E-state index in [1.807, 2.05) is 31.2 Å². The highest BCUT2D eigenvalue weighted by Gasteiger charge is 2.46. The van der Waals surface area contributed by atoms with Crippen LogP contribution in [0.2, 0.25) is 0 Å². The number of ether oxygens (including phenoxy) is 1. The van der Waals surface area contributed by atoms with Crippen molar-refractivity contribution in [2.75, 3.05) is 26.2 Å². The van der Waals surface area contributed by atoms with Gasteiger partial charge in [-0.25, -0.2) is 0 Å². The van der Waals surface area contributed by atoms with Crippen LogP contribution in [-0.4, -0.2) is 75.1 Å². The van der Waals surface area contributed by atoms with Crippen LogP contribution >= 0.6 is 11.3 Å². The fraction of sp³-hybridized carbons (Fsp3) is 0.537. The number of piperidine rings is 2. The summed E-state index contributed by atoms with van der Waals surface area (Å²) in [7, 11) is 0. The number of thiophene rings is 1. The maximum absolute atomic E-state index is 14.1. The van der Waals surface area contributed by atoms with Gasteiger partial charge in [0.25, 0.3) is 5.91 Å². The Labute approximate surface area is 336 Å². The summed E-state index contributed by atoms with van der Waals surface area (Å²) < 4.78 is 82.5. The van der Waals surface area contributed by atoms with E-state index in [0.29, 0.717) is 107 Å². The van der Waals surface area contributed by atoms with Crippen LogP contribution in [0.1, 0.15) is 104 Å². The zero-order valence-corrected chi connectivity index (χ0v) is 32.8. The molecule has 17 heteroatoms. The molecule has 2 saturated heterocycles. The quantitative estimate of drug-likeness (QED) is 0.144. The second-order valence-electron chi connectivity index (χ2n) is 15.1. The van der Waals surface area contributed by atoms with Crippen molar-refractivity contribution < 1.29 is 55.7 Å². The average molecular weight is 837 g/mol. The van der Waals surface area contributed by atoms with Gasteiger partial charge in [-0.3, -0.25) is 19.4 Å². The van der Waals surface area contributed by atoms with E-state index in [0.717, 1.165) is 35.8 Å². The number of aromatic nitrogens is 1. The number of halogens is 6. The van der Waals surface area contributed by atoms with E-state index in [-0.39, 0.29) is 18.2 Å². The molecule has 10 nitrogen and oxygen atoms in total. The van der Waals surface area contributed by atoms with Crippen molar-refractivity contribution in [3.05, 3.63) is 75.7 Å². The number of hydrogen-bond acceptors (Lipinski definition) is 8. The fourth-order valence-corrected chi connectivity index (χ4v) is 8.87. The van der Waals surface area contributed by atoms with Crippen LogP contribution in [-0.2, 0) is 27.4 Å². The summed E-state index contributed by atoms with van der Waals surface area (Å²) in [6, 6.07) is 10.8. The topological polar surface area (TPSA) is 144 Å². The molecule has 4 heterocycles. The van der Waals surface area contributed by atoms with Gasteiger partial charge in [-0.1, -0.05) is 38.0 Å². The van der Waals surface area contributed by atoms with Crippen LogP contribution in [0.25, 0.3) is 0 Å². The Bertz CT molecular complexity index is 1950. The Morgan fingerprint density at radius 1 is 1.02 bits per heavy atom. The molecule has 0 spiro atoms. The first-order chi connectivity index (χ1) is 27.5. The molecular formula is C41H46F6N4O6S. The maximum atomic E-state index is 14.1. The van der Waals surface area contributed by atoms with Gasteiger partial charge in [0.2, 0.25) is 5.91 Å². The van der Waals surface area contributed by atoms with Gasteiger partial charge in [0, 0.05) is 55.1 Å². The molecule has 2 aromatic heterocycles. The average Bonchev–Trinajstić information content (AvgIpc) is 3.64. The summed E-state index contributed by atoms with van der Waals surface area (Å²) >= 11 is 0.481. The second kappa shape index (κ2) is 18.4. The molecule has 2 N–H and O–H groups in total. The molecule has 2 atom stereocenters. The number of aliphatic carboxylic acids is 1. The number of pyridine rings is 1. The molecule has 0 bridgehead atoms. The van der Waals surface area contributed by atoms with Crippen molar-refractivity contribution in [2.24, 2.45) is 11.3 Å². The van der Waals surface area contributed by atoms with Gasteiger partial charge in [0.1, 0.15) is 16.4 Å². The minimum Gasteiger partial charge on any atom is -0.507 e. The number of aromatic hydroxyl groups is 1. The number of carbonyl (C=O) groups excluding carboxylic acids is 2. The first kappa shape index (κ1) is 44.3. The predicted octanol–water partition coefficient (Wildman–Crippen LogP) is 9.09. The molecule has 1 aliphatic carbocycles. The van der Waals surface area contributed by atoms with E-state index in [2.05, 4.69) is 11.1 Å². The van der Waals surface area contributed by atoms with Crippen molar-refractivity contribution in [1.82, 2.24) is 14.8 Å². The third-order valence-electron chi connectivity index (χ3n) is 11.5. The number of hydrogen-bond donors (Lipinski definition) is 2. The summed E-state index contributed by atoms with van der Waals surface area (Å²) in [6.07, 6.45) is -0.806. The summed E-state index contributed by atoms with van der Waals surface area (Å²) in [5.74, 6) is -1.99. The number of amides is 2. The van der Waals surface area contributed by atoms with E-state index < -0.39 is 63.0 Å². The predicted molar refractivity (Wildman–Crippen MR) is 201 cm³/mol. The molecule has 1 aromatic carbocycles. The number of rotatable bonds is 11. The van der Waals surface area contributed by atoms with Gasteiger partial charge in [-0.2, -0.15) is 31.6 Å². The minimum absolute atomic E-state index is 0.146. The summed E-state index contributed by atoms with van der Waals surface area (Å²) in [6.45, 7) is 3.13. The number of nitriles is 1. The summed E-state index contributed by atoms with van der Waals surface area (Å²) in [5.41, 5.74) is -2.36. The lowest BCUT2D eigenvalue weighted by atomic mass is 9.66. The first-order valence-electron chi connectivity index (χ1n) is 19.3. The van der Waals surface area contributed by atoms with Gasteiger partial charge in [0.15, 0.2) is 0 Å². The normalized spacial score (nSPS) is 20.2. The molecule has 3 aliphatic rings. The molecular weight excluding hydrogens is 791 g/mol. The van der Waals surface area contributed by atoms with Gasteiger partial charge in [0.05, 0.1) is 40.6 Å². The van der Waals surface area contributed by atoms with Crippen LogP contribution in [0.4, 0.5) is 26.3 Å². The van der Waals surface area contributed by atoms with Gasteiger partial charge < -0.3 is 24.7 Å². The zero-order valence-electron chi connectivity index (χ0n) is 31.9. The molecule has 0 radical (unpaired) electrons. The lowest BCUT2D eigenvalue weighted by Gasteiger charge is -2.44. The van der Waals surface area contributed by atoms with E-state index >= 15 is 0 Å². The third-order valence-corrected chi connectivity index (χ3v) is 12.5. The molecule has 3 aromatic rings. The number of carboxylic acids is 1. The van der Waals surface area contributed by atoms with Gasteiger partial charge in [-0.15, -0.1) is 11.3 Å². The Kier molecular flexibility index (Phi) is 14.0. The van der Waals surface area contributed by atoms with Crippen LogP contribution < -0.4 is 4.74 Å². The van der Waals surface area contributed by atoms with E-state index in [1.54, 1.807) is 4.90 Å². The van der Waals surface area contributed by atoms with E-state index in [1.165, 1.54) is 4.90 Å². The largest absolute Gasteiger partial charge is 0.507 e. The lowest BCUT2D eigenvalue weighted by Crippen LogP contribution is -2.55. The number of carbonyl (C=O) groups is 3. The highest BCUT2D eigenvalue weighted by Crippen LogP contribution is 2.46. The molecule has 2 amide bonds. The Balaban J connectivity index is 0.000000559. The molecule has 2 unspecified atom stereocenters. The lowest BCUT2D eigenvalue weighted by molar-refractivity contribution is -0.155. The number of para-hydroxylation sites is 1. The molecule has 6 rings (SSSR count). The van der Waals surface area contributed by atoms with Crippen molar-refractivity contribution >= 4 is 29.1 Å². The number of carboxylic acid groups (broad SMARTS) is 1. The smallest absolute Gasteiger partial charge is 0.425 e. The third kappa shape index (κ3) is 9.87. The van der Waals surface area contributed by atoms with Crippen molar-refractivity contribution in [1.29, 1.82) is 5.26 Å². The van der Waals surface area contributed by atoms with Crippen LogP contribution in [0.5, 0.6) is 11.5 Å². The highest BCUT2D eigenvalue weighted by atomic mass is 32.1. The zero-order chi connectivity index (χ0) is 42.3. The number of benzene rings is 1. The van der Waals surface area contributed by atoms with Crippen LogP contribution in [0, 0.1) is 22.7 Å². The summed E-state index contributed by atoms with van der Waals surface area (Å²) in [5, 5.41) is 29.7. The first-order valence-corrected chi connectivity index (χ1v) is 20.2. The number of alkyl halides is 6. The highest BCUT2D eigenvalue weighted by molar-refractivity contribution is 7.10. The minimum atomic E-state index is -4.72. The van der Waals surface area contributed by atoms with Crippen LogP contribution in [0.3, 0.4) is 0 Å². The number of nitrogens with zero attached hydrogens (tertiary/aromatic N) is 4. The Morgan fingerprint density at radius 3 is 2.28 bits per heavy atom. The Morgan fingerprint density at radius 2 is 1.72 bits per heavy atom. The van der Waals surface area contributed by atoms with E-state index in [4.69, 9.17) is 9.84 Å². The second-order valence-corrected chi connectivity index (χ2v) is 16.0. The molecule has 58 heavy (non-hydrogen) atoms. The molecule has 2 aliphatic heterocycles. The van der Waals surface area contributed by atoms with E-state index in [9.17, 15) is 51.1 Å². The molecule has 1 saturated carbocycles. The van der Waals surface area contributed by atoms with Crippen molar-refractivity contribution in [2.45, 2.75) is 101 Å². The summed E-state index contributed by atoms with van der Waals surface area (Å²) in [4.78, 5) is 45.5. The van der Waals surface area contributed by atoms with Gasteiger partial charge >= 0.3 is 18.3 Å². The Hall–Kier alpha value is -4.85. The standard InChI is InChI=1S/C36H43F3N4O5.C5H3F3OS/c1-2-8-29-25(9-5-19-43(29)32(45)26-23-41-18-12-27(26)36(37,38)39)31(44)42-20-16-35(24-40,17-21-42)28-10-3-4-11-30(28)48-22-7-15-34(33(46)47)13-6-14-34;6-5(7,8)4-1-3(9)2-10-4/h3-4,10-12,18,23,25,29H,2,5-9,13-17,19-22H2,1H3,(H,46,47);1-2,9H. The van der Waals surface area contributed by atoms with Crippen molar-refractivity contribution in [3.8, 4) is 17.6 Å². The molecule has 314 valence electrons. The molecule has 3 fully saturated rings. The maximum Gasteiger partial charge on any atom is 0.425 e. The SMILES string of the molecule is CCCC1C(C(=O)N2CCC(C#N)(c3ccccc3OCCCC3(C(=O)O)CCC3)CC2)CCCN1C(=O)c1cnccc1C(F)(F)F.Oc1csc(C(F)(F)F)c1.